The van der Waals surface area contributed by atoms with Crippen LogP contribution in [-0.2, 0) is 9.53 Å². The Hall–Kier alpha value is -2.61. The SMILES string of the molecule is COC(=O)CSc1nc2cc(C)[nH]c2c(=O)n1-c1ccc(F)cc1. The van der Waals surface area contributed by atoms with Gasteiger partial charge < -0.3 is 9.72 Å². The van der Waals surface area contributed by atoms with Crippen LogP contribution in [0.3, 0.4) is 0 Å². The van der Waals surface area contributed by atoms with Gasteiger partial charge in [-0.3, -0.25) is 14.2 Å². The Kier molecular flexibility index (Phi) is 4.39. The molecule has 0 saturated carbocycles. The molecule has 124 valence electrons. The standard InChI is InChI=1S/C16H14FN3O3S/c1-9-7-12-14(18-9)15(22)20(11-5-3-10(17)4-6-11)16(19-12)24-8-13(21)23-2/h3-7,18H,8H2,1-2H3. The van der Waals surface area contributed by atoms with Gasteiger partial charge in [0, 0.05) is 5.69 Å². The molecule has 0 aliphatic rings. The van der Waals surface area contributed by atoms with Crippen molar-refractivity contribution in [2.45, 2.75) is 12.1 Å². The number of aromatic amines is 1. The summed E-state index contributed by atoms with van der Waals surface area (Å²) in [6.07, 6.45) is 0. The normalized spacial score (nSPS) is 11.0. The van der Waals surface area contributed by atoms with Crippen molar-refractivity contribution in [1.29, 1.82) is 0 Å². The van der Waals surface area contributed by atoms with Crippen LogP contribution in [0.15, 0.2) is 40.3 Å². The highest BCUT2D eigenvalue weighted by atomic mass is 32.2. The van der Waals surface area contributed by atoms with Crippen molar-refractivity contribution in [3.8, 4) is 5.69 Å². The van der Waals surface area contributed by atoms with Crippen molar-refractivity contribution >= 4 is 28.8 Å². The van der Waals surface area contributed by atoms with E-state index < -0.39 is 11.8 Å². The molecule has 0 bridgehead atoms. The van der Waals surface area contributed by atoms with E-state index in [9.17, 15) is 14.0 Å². The molecule has 24 heavy (non-hydrogen) atoms. The number of methoxy groups -OCH3 is 1. The van der Waals surface area contributed by atoms with Crippen LogP contribution in [-0.4, -0.2) is 33.4 Å². The summed E-state index contributed by atoms with van der Waals surface area (Å²) in [7, 11) is 1.29. The van der Waals surface area contributed by atoms with Crippen LogP contribution in [0.4, 0.5) is 4.39 Å². The molecule has 0 atom stereocenters. The number of ether oxygens (including phenoxy) is 1. The van der Waals surface area contributed by atoms with Gasteiger partial charge in [-0.05, 0) is 37.3 Å². The van der Waals surface area contributed by atoms with Gasteiger partial charge in [-0.25, -0.2) is 9.37 Å². The molecule has 0 spiro atoms. The Balaban J connectivity index is 2.19. The number of esters is 1. The summed E-state index contributed by atoms with van der Waals surface area (Å²) in [6, 6.07) is 7.26. The maximum absolute atomic E-state index is 13.2. The number of nitrogens with one attached hydrogen (secondary N) is 1. The Morgan fingerprint density at radius 2 is 2.08 bits per heavy atom. The molecule has 0 radical (unpaired) electrons. The Labute approximate surface area is 140 Å². The highest BCUT2D eigenvalue weighted by molar-refractivity contribution is 7.99. The van der Waals surface area contributed by atoms with Crippen LogP contribution < -0.4 is 5.56 Å². The minimum absolute atomic E-state index is 0.0129. The van der Waals surface area contributed by atoms with Crippen molar-refractivity contribution in [2.75, 3.05) is 12.9 Å². The number of rotatable bonds is 4. The predicted molar refractivity (Wildman–Crippen MR) is 89.1 cm³/mol. The average Bonchev–Trinajstić information content (AvgIpc) is 2.94. The molecule has 3 rings (SSSR count). The Bertz CT molecular complexity index is 963. The largest absolute Gasteiger partial charge is 0.468 e. The number of halogens is 1. The molecule has 0 fully saturated rings. The molecule has 2 aromatic heterocycles. The molecule has 1 N–H and O–H groups in total. The smallest absolute Gasteiger partial charge is 0.316 e. The van der Waals surface area contributed by atoms with Crippen molar-refractivity contribution in [3.05, 3.63) is 52.2 Å². The van der Waals surface area contributed by atoms with Gasteiger partial charge in [0.25, 0.3) is 5.56 Å². The van der Waals surface area contributed by atoms with Gasteiger partial charge in [-0.2, -0.15) is 0 Å². The molecule has 0 aliphatic heterocycles. The molecule has 0 saturated heterocycles. The number of fused-ring (bicyclic) bond motifs is 1. The molecule has 1 aromatic carbocycles. The first-order valence-electron chi connectivity index (χ1n) is 7.07. The number of benzene rings is 1. The van der Waals surface area contributed by atoms with Crippen LogP contribution in [0.25, 0.3) is 16.7 Å². The molecular formula is C16H14FN3O3S. The zero-order valence-electron chi connectivity index (χ0n) is 13.0. The Morgan fingerprint density at radius 3 is 2.75 bits per heavy atom. The summed E-state index contributed by atoms with van der Waals surface area (Å²) in [5, 5.41) is 0.337. The van der Waals surface area contributed by atoms with Gasteiger partial charge in [0.15, 0.2) is 5.16 Å². The lowest BCUT2D eigenvalue weighted by Crippen LogP contribution is -2.22. The lowest BCUT2D eigenvalue weighted by atomic mass is 10.3. The van der Waals surface area contributed by atoms with E-state index in [0.29, 0.717) is 21.9 Å². The van der Waals surface area contributed by atoms with Gasteiger partial charge in [0.1, 0.15) is 11.3 Å². The highest BCUT2D eigenvalue weighted by Crippen LogP contribution is 2.22. The summed E-state index contributed by atoms with van der Waals surface area (Å²) in [5.74, 6) is -0.815. The van der Waals surface area contributed by atoms with E-state index in [4.69, 9.17) is 0 Å². The Morgan fingerprint density at radius 1 is 1.38 bits per heavy atom. The van der Waals surface area contributed by atoms with Crippen molar-refractivity contribution in [3.63, 3.8) is 0 Å². The van der Waals surface area contributed by atoms with Crippen LogP contribution in [0, 0.1) is 12.7 Å². The number of H-pyrrole nitrogens is 1. The van der Waals surface area contributed by atoms with Crippen molar-refractivity contribution < 1.29 is 13.9 Å². The highest BCUT2D eigenvalue weighted by Gasteiger charge is 2.16. The fraction of sp³-hybridized carbons (Fsp3) is 0.188. The fourth-order valence-electron chi connectivity index (χ4n) is 2.27. The molecule has 0 aliphatic carbocycles. The zero-order valence-corrected chi connectivity index (χ0v) is 13.8. The monoisotopic (exact) mass is 347 g/mol. The lowest BCUT2D eigenvalue weighted by molar-refractivity contribution is -0.137. The minimum atomic E-state index is -0.426. The molecule has 8 heteroatoms. The molecule has 3 aromatic rings. The van der Waals surface area contributed by atoms with Gasteiger partial charge in [-0.15, -0.1) is 0 Å². The topological polar surface area (TPSA) is 77.0 Å². The van der Waals surface area contributed by atoms with Gasteiger partial charge >= 0.3 is 5.97 Å². The third-order valence-electron chi connectivity index (χ3n) is 3.39. The first-order chi connectivity index (χ1) is 11.5. The number of hydrogen-bond acceptors (Lipinski definition) is 5. The first kappa shape index (κ1) is 16.3. The second kappa shape index (κ2) is 6.48. The van der Waals surface area contributed by atoms with E-state index in [1.165, 1.54) is 35.9 Å². The maximum atomic E-state index is 13.2. The molecule has 2 heterocycles. The zero-order chi connectivity index (χ0) is 17.3. The summed E-state index contributed by atoms with van der Waals surface area (Å²) in [4.78, 5) is 31.7. The minimum Gasteiger partial charge on any atom is -0.468 e. The van der Waals surface area contributed by atoms with Crippen molar-refractivity contribution in [1.82, 2.24) is 14.5 Å². The lowest BCUT2D eigenvalue weighted by Gasteiger charge is -2.11. The number of aryl methyl sites for hydroxylation is 1. The number of thioether (sulfide) groups is 1. The molecule has 0 amide bonds. The third-order valence-corrected chi connectivity index (χ3v) is 4.30. The number of carbonyl (C=O) groups excluding carboxylic acids is 1. The summed E-state index contributed by atoms with van der Waals surface area (Å²) >= 11 is 1.09. The summed E-state index contributed by atoms with van der Waals surface area (Å²) in [6.45, 7) is 1.82. The van der Waals surface area contributed by atoms with E-state index in [2.05, 4.69) is 14.7 Å². The van der Waals surface area contributed by atoms with Crippen LogP contribution in [0.2, 0.25) is 0 Å². The van der Waals surface area contributed by atoms with E-state index in [-0.39, 0.29) is 11.3 Å². The number of hydrogen-bond donors (Lipinski definition) is 1. The fourth-order valence-corrected chi connectivity index (χ4v) is 3.12. The summed E-state index contributed by atoms with van der Waals surface area (Å²) < 4.78 is 19.2. The third kappa shape index (κ3) is 3.05. The van der Waals surface area contributed by atoms with Gasteiger partial charge in [0.2, 0.25) is 0 Å². The van der Waals surface area contributed by atoms with Gasteiger partial charge in [-0.1, -0.05) is 11.8 Å². The number of carbonyl (C=O) groups is 1. The number of nitrogens with zero attached hydrogens (tertiary/aromatic N) is 2. The van der Waals surface area contributed by atoms with Crippen LogP contribution >= 0.6 is 11.8 Å². The second-order valence-electron chi connectivity index (χ2n) is 5.09. The van der Waals surface area contributed by atoms with Crippen LogP contribution in [0.5, 0.6) is 0 Å². The van der Waals surface area contributed by atoms with Crippen molar-refractivity contribution in [2.24, 2.45) is 0 Å². The van der Waals surface area contributed by atoms with Crippen LogP contribution in [0.1, 0.15) is 5.69 Å². The maximum Gasteiger partial charge on any atom is 0.316 e. The average molecular weight is 347 g/mol. The molecular weight excluding hydrogens is 333 g/mol. The molecule has 6 nitrogen and oxygen atoms in total. The van der Waals surface area contributed by atoms with E-state index in [1.807, 2.05) is 6.92 Å². The van der Waals surface area contributed by atoms with E-state index >= 15 is 0 Å². The van der Waals surface area contributed by atoms with E-state index in [0.717, 1.165) is 17.5 Å². The first-order valence-corrected chi connectivity index (χ1v) is 8.06. The number of aromatic nitrogens is 3. The van der Waals surface area contributed by atoms with E-state index in [1.54, 1.807) is 6.07 Å². The second-order valence-corrected chi connectivity index (χ2v) is 6.03. The molecule has 0 unspecified atom stereocenters. The van der Waals surface area contributed by atoms with Gasteiger partial charge in [0.05, 0.1) is 24.1 Å². The quantitative estimate of drug-likeness (QED) is 0.446. The summed E-state index contributed by atoms with van der Waals surface area (Å²) in [5.41, 5.74) is 1.83. The predicted octanol–water partition coefficient (Wildman–Crippen LogP) is 2.43.